The normalized spacial score (nSPS) is 10.1. The Bertz CT molecular complexity index is 587. The molecule has 3 heteroatoms. The lowest BCUT2D eigenvalue weighted by atomic mass is 10.1. The van der Waals surface area contributed by atoms with Crippen molar-refractivity contribution in [1.82, 2.24) is 5.32 Å². The van der Waals surface area contributed by atoms with Crippen LogP contribution in [-0.2, 0) is 13.0 Å². The molecule has 2 aromatic carbocycles. The standard InChI is InChI=1S/C16H15FN2/c17-16-8-4-3-5-13(16)9-10-19-12-15-7-2-1-6-14(15)11-18/h1-8,19H,9-10,12H2. The minimum atomic E-state index is -0.165. The highest BCUT2D eigenvalue weighted by atomic mass is 19.1. The Morgan fingerprint density at radius 3 is 2.42 bits per heavy atom. The molecule has 0 saturated heterocycles. The van der Waals surface area contributed by atoms with Gasteiger partial charge in [-0.1, -0.05) is 36.4 Å². The van der Waals surface area contributed by atoms with Crippen LogP contribution in [0.5, 0.6) is 0 Å². The molecule has 0 aliphatic carbocycles. The van der Waals surface area contributed by atoms with Crippen molar-refractivity contribution >= 4 is 0 Å². The minimum Gasteiger partial charge on any atom is -0.312 e. The first-order valence-corrected chi connectivity index (χ1v) is 6.23. The van der Waals surface area contributed by atoms with Crippen molar-refractivity contribution in [3.63, 3.8) is 0 Å². The minimum absolute atomic E-state index is 0.165. The summed E-state index contributed by atoms with van der Waals surface area (Å²) in [4.78, 5) is 0. The van der Waals surface area contributed by atoms with Crippen molar-refractivity contribution in [1.29, 1.82) is 5.26 Å². The average Bonchev–Trinajstić information content (AvgIpc) is 2.45. The zero-order valence-electron chi connectivity index (χ0n) is 10.6. The lowest BCUT2D eigenvalue weighted by Gasteiger charge is -2.07. The van der Waals surface area contributed by atoms with E-state index in [2.05, 4.69) is 11.4 Å². The zero-order valence-corrected chi connectivity index (χ0v) is 10.6. The summed E-state index contributed by atoms with van der Waals surface area (Å²) in [6.45, 7) is 1.30. The van der Waals surface area contributed by atoms with Crippen molar-refractivity contribution < 1.29 is 4.39 Å². The molecule has 0 aliphatic heterocycles. The van der Waals surface area contributed by atoms with Gasteiger partial charge in [-0.05, 0) is 36.2 Å². The average molecular weight is 254 g/mol. The van der Waals surface area contributed by atoms with Gasteiger partial charge >= 0.3 is 0 Å². The molecular weight excluding hydrogens is 239 g/mol. The molecule has 96 valence electrons. The Morgan fingerprint density at radius 2 is 1.68 bits per heavy atom. The molecule has 0 atom stereocenters. The topological polar surface area (TPSA) is 35.8 Å². The molecule has 0 aliphatic rings. The number of hydrogen-bond acceptors (Lipinski definition) is 2. The molecule has 1 N–H and O–H groups in total. The molecule has 2 nitrogen and oxygen atoms in total. The summed E-state index contributed by atoms with van der Waals surface area (Å²) in [5.41, 5.74) is 2.36. The monoisotopic (exact) mass is 254 g/mol. The zero-order chi connectivity index (χ0) is 13.5. The van der Waals surface area contributed by atoms with E-state index in [4.69, 9.17) is 5.26 Å². The van der Waals surface area contributed by atoms with Gasteiger partial charge in [0, 0.05) is 6.54 Å². The van der Waals surface area contributed by atoms with Gasteiger partial charge in [-0.2, -0.15) is 5.26 Å². The lowest BCUT2D eigenvalue weighted by molar-refractivity contribution is 0.598. The highest BCUT2D eigenvalue weighted by molar-refractivity contribution is 5.37. The second kappa shape index (κ2) is 6.67. The van der Waals surface area contributed by atoms with Crippen LogP contribution >= 0.6 is 0 Å². The van der Waals surface area contributed by atoms with Crippen molar-refractivity contribution in [3.8, 4) is 6.07 Å². The summed E-state index contributed by atoms with van der Waals surface area (Å²) < 4.78 is 13.4. The number of benzene rings is 2. The predicted molar refractivity (Wildman–Crippen MR) is 73.0 cm³/mol. The fourth-order valence-electron chi connectivity index (χ4n) is 1.93. The van der Waals surface area contributed by atoms with Crippen LogP contribution in [0.1, 0.15) is 16.7 Å². The van der Waals surface area contributed by atoms with Crippen LogP contribution in [0.4, 0.5) is 4.39 Å². The van der Waals surface area contributed by atoms with Crippen LogP contribution in [0.2, 0.25) is 0 Å². The molecule has 0 unspecified atom stereocenters. The van der Waals surface area contributed by atoms with Crippen LogP contribution in [0.25, 0.3) is 0 Å². The van der Waals surface area contributed by atoms with E-state index in [1.54, 1.807) is 18.2 Å². The molecule has 0 heterocycles. The van der Waals surface area contributed by atoms with Crippen molar-refractivity contribution in [3.05, 3.63) is 71.0 Å². The van der Waals surface area contributed by atoms with Crippen LogP contribution in [0, 0.1) is 17.1 Å². The number of nitriles is 1. The number of nitrogens with zero attached hydrogens (tertiary/aromatic N) is 1. The SMILES string of the molecule is N#Cc1ccccc1CNCCc1ccccc1F. The highest BCUT2D eigenvalue weighted by Crippen LogP contribution is 2.08. The summed E-state index contributed by atoms with van der Waals surface area (Å²) >= 11 is 0. The van der Waals surface area contributed by atoms with Gasteiger partial charge in [0.15, 0.2) is 0 Å². The van der Waals surface area contributed by atoms with E-state index in [1.807, 2.05) is 24.3 Å². The van der Waals surface area contributed by atoms with Gasteiger partial charge in [0.25, 0.3) is 0 Å². The molecule has 0 saturated carbocycles. The second-order valence-electron chi connectivity index (χ2n) is 4.29. The van der Waals surface area contributed by atoms with Crippen molar-refractivity contribution in [2.45, 2.75) is 13.0 Å². The van der Waals surface area contributed by atoms with Gasteiger partial charge < -0.3 is 5.32 Å². The molecular formula is C16H15FN2. The van der Waals surface area contributed by atoms with E-state index in [1.165, 1.54) is 6.07 Å². The van der Waals surface area contributed by atoms with Gasteiger partial charge in [-0.15, -0.1) is 0 Å². The smallest absolute Gasteiger partial charge is 0.126 e. The number of halogens is 1. The Labute approximate surface area is 112 Å². The molecule has 19 heavy (non-hydrogen) atoms. The van der Waals surface area contributed by atoms with E-state index in [-0.39, 0.29) is 5.82 Å². The Balaban J connectivity index is 1.85. The maximum absolute atomic E-state index is 13.4. The van der Waals surface area contributed by atoms with E-state index < -0.39 is 0 Å². The third-order valence-electron chi connectivity index (χ3n) is 2.98. The van der Waals surface area contributed by atoms with E-state index in [0.717, 1.165) is 5.56 Å². The Hall–Kier alpha value is -2.18. The van der Waals surface area contributed by atoms with Crippen LogP contribution in [-0.4, -0.2) is 6.54 Å². The van der Waals surface area contributed by atoms with E-state index in [9.17, 15) is 4.39 Å². The maximum Gasteiger partial charge on any atom is 0.126 e. The van der Waals surface area contributed by atoms with Gasteiger partial charge in [-0.3, -0.25) is 0 Å². The summed E-state index contributed by atoms with van der Waals surface area (Å²) in [7, 11) is 0. The molecule has 0 radical (unpaired) electrons. The number of hydrogen-bond donors (Lipinski definition) is 1. The second-order valence-corrected chi connectivity index (χ2v) is 4.29. The van der Waals surface area contributed by atoms with Crippen LogP contribution < -0.4 is 5.32 Å². The lowest BCUT2D eigenvalue weighted by Crippen LogP contribution is -2.17. The fraction of sp³-hybridized carbons (Fsp3) is 0.188. The number of rotatable bonds is 5. The van der Waals surface area contributed by atoms with Gasteiger partial charge in [0.2, 0.25) is 0 Å². The number of nitrogens with one attached hydrogen (secondary N) is 1. The quantitative estimate of drug-likeness (QED) is 0.832. The van der Waals surface area contributed by atoms with E-state index in [0.29, 0.717) is 30.6 Å². The molecule has 0 amide bonds. The fourth-order valence-corrected chi connectivity index (χ4v) is 1.93. The van der Waals surface area contributed by atoms with Gasteiger partial charge in [0.05, 0.1) is 11.6 Å². The molecule has 0 aromatic heterocycles. The summed E-state index contributed by atoms with van der Waals surface area (Å²) in [5.74, 6) is -0.165. The Kier molecular flexibility index (Phi) is 4.66. The molecule has 2 rings (SSSR count). The van der Waals surface area contributed by atoms with Crippen molar-refractivity contribution in [2.24, 2.45) is 0 Å². The van der Waals surface area contributed by atoms with Crippen LogP contribution in [0.3, 0.4) is 0 Å². The van der Waals surface area contributed by atoms with Gasteiger partial charge in [-0.25, -0.2) is 4.39 Å². The molecule has 0 spiro atoms. The van der Waals surface area contributed by atoms with E-state index >= 15 is 0 Å². The largest absolute Gasteiger partial charge is 0.312 e. The molecule has 2 aromatic rings. The summed E-state index contributed by atoms with van der Waals surface area (Å²) in [6, 6.07) is 16.4. The van der Waals surface area contributed by atoms with Crippen LogP contribution in [0.15, 0.2) is 48.5 Å². The summed E-state index contributed by atoms with van der Waals surface area (Å²) in [5, 5.41) is 12.2. The summed E-state index contributed by atoms with van der Waals surface area (Å²) in [6.07, 6.45) is 0.640. The first kappa shape index (κ1) is 13.3. The highest BCUT2D eigenvalue weighted by Gasteiger charge is 2.02. The third kappa shape index (κ3) is 3.64. The van der Waals surface area contributed by atoms with Gasteiger partial charge in [0.1, 0.15) is 5.82 Å². The first-order valence-electron chi connectivity index (χ1n) is 6.23. The first-order chi connectivity index (χ1) is 9.31. The maximum atomic E-state index is 13.4. The molecule has 0 bridgehead atoms. The van der Waals surface area contributed by atoms with Crippen molar-refractivity contribution in [2.75, 3.05) is 6.54 Å². The molecule has 0 fully saturated rings. The predicted octanol–water partition coefficient (Wildman–Crippen LogP) is 3.03. The Morgan fingerprint density at radius 1 is 1.00 bits per heavy atom. The third-order valence-corrected chi connectivity index (χ3v) is 2.98.